The average molecular weight is 221 g/mol. The van der Waals surface area contributed by atoms with Crippen LogP contribution in [0.5, 0.6) is 0 Å². The van der Waals surface area contributed by atoms with E-state index in [1.54, 1.807) is 0 Å². The van der Waals surface area contributed by atoms with Crippen molar-refractivity contribution in [3.05, 3.63) is 29.0 Å². The molecule has 2 nitrogen and oxygen atoms in total. The fourth-order valence-electron chi connectivity index (χ4n) is 2.02. The van der Waals surface area contributed by atoms with E-state index in [1.807, 2.05) is 12.1 Å². The lowest BCUT2D eigenvalue weighted by Crippen LogP contribution is -2.02. The van der Waals surface area contributed by atoms with E-state index < -0.39 is 0 Å². The van der Waals surface area contributed by atoms with Gasteiger partial charge >= 0.3 is 0 Å². The molecule has 0 amide bonds. The van der Waals surface area contributed by atoms with E-state index in [9.17, 15) is 0 Å². The molecule has 1 aliphatic carbocycles. The summed E-state index contributed by atoms with van der Waals surface area (Å²) in [7, 11) is 0. The molecule has 0 aromatic carbocycles. The van der Waals surface area contributed by atoms with Crippen LogP contribution in [-0.4, -0.2) is 9.55 Å². The van der Waals surface area contributed by atoms with Gasteiger partial charge in [-0.25, -0.2) is 4.98 Å². The first-order valence-electron chi connectivity index (χ1n) is 5.36. The van der Waals surface area contributed by atoms with Crippen molar-refractivity contribution < 1.29 is 0 Å². The van der Waals surface area contributed by atoms with Crippen molar-refractivity contribution in [2.24, 2.45) is 5.92 Å². The van der Waals surface area contributed by atoms with Gasteiger partial charge in [0.1, 0.15) is 10.8 Å². The molecule has 0 spiro atoms. The van der Waals surface area contributed by atoms with Crippen molar-refractivity contribution in [1.29, 1.82) is 0 Å². The predicted octanol–water partition coefficient (Wildman–Crippen LogP) is 3.41. The summed E-state index contributed by atoms with van der Waals surface area (Å²) in [4.78, 5) is 4.41. The van der Waals surface area contributed by atoms with Gasteiger partial charge in [0.25, 0.3) is 0 Å². The summed E-state index contributed by atoms with van der Waals surface area (Å²) in [5, 5.41) is 1.77. The summed E-state index contributed by atoms with van der Waals surface area (Å²) in [5.41, 5.74) is 2.32. The zero-order valence-electron chi connectivity index (χ0n) is 8.70. The van der Waals surface area contributed by atoms with Gasteiger partial charge in [0.15, 0.2) is 0 Å². The molecule has 0 aliphatic heterocycles. The molecule has 0 N–H and O–H groups in total. The first-order valence-corrected chi connectivity index (χ1v) is 5.74. The second-order valence-corrected chi connectivity index (χ2v) is 4.77. The number of pyridine rings is 1. The van der Waals surface area contributed by atoms with Gasteiger partial charge in [-0.1, -0.05) is 11.6 Å². The Morgan fingerprint density at radius 2 is 2.27 bits per heavy atom. The predicted molar refractivity (Wildman–Crippen MR) is 62.2 cm³/mol. The number of halogens is 1. The number of aryl methyl sites for hydroxylation is 1. The van der Waals surface area contributed by atoms with Gasteiger partial charge in [0.2, 0.25) is 0 Å². The monoisotopic (exact) mass is 220 g/mol. The minimum absolute atomic E-state index is 0.581. The Bertz CT molecular complexity index is 512. The normalized spacial score (nSPS) is 16.1. The molecule has 3 rings (SSSR count). The third kappa shape index (κ3) is 1.63. The van der Waals surface area contributed by atoms with E-state index in [2.05, 4.69) is 22.5 Å². The highest BCUT2D eigenvalue weighted by Crippen LogP contribution is 2.32. The van der Waals surface area contributed by atoms with Crippen LogP contribution in [0.4, 0.5) is 0 Å². The van der Waals surface area contributed by atoms with Crippen LogP contribution >= 0.6 is 11.6 Å². The molecule has 0 unspecified atom stereocenters. The number of fused-ring (bicyclic) bond motifs is 1. The maximum Gasteiger partial charge on any atom is 0.141 e. The molecule has 2 aromatic heterocycles. The van der Waals surface area contributed by atoms with E-state index in [1.165, 1.54) is 23.9 Å². The van der Waals surface area contributed by atoms with E-state index in [4.69, 9.17) is 11.6 Å². The van der Waals surface area contributed by atoms with Crippen molar-refractivity contribution in [3.8, 4) is 0 Å². The number of nitrogens with zero attached hydrogens (tertiary/aromatic N) is 2. The molecule has 15 heavy (non-hydrogen) atoms. The van der Waals surface area contributed by atoms with Gasteiger partial charge in [0, 0.05) is 17.6 Å². The first-order chi connectivity index (χ1) is 7.24. The summed E-state index contributed by atoms with van der Waals surface area (Å²) >= 11 is 5.93. The first kappa shape index (κ1) is 9.22. The number of hydrogen-bond donors (Lipinski definition) is 0. The minimum Gasteiger partial charge on any atom is -0.330 e. The standard InChI is InChI=1S/C12H13ClN2/c1-8-6-10-4-5-11(13)14-12(10)15(8)7-9-2-3-9/h4-6,9H,2-3,7H2,1H3. The molecular formula is C12H13ClN2. The summed E-state index contributed by atoms with van der Waals surface area (Å²) < 4.78 is 2.29. The van der Waals surface area contributed by atoms with Crippen molar-refractivity contribution in [1.82, 2.24) is 9.55 Å². The Morgan fingerprint density at radius 3 is 3.00 bits per heavy atom. The lowest BCUT2D eigenvalue weighted by Gasteiger charge is -2.05. The molecular weight excluding hydrogens is 208 g/mol. The van der Waals surface area contributed by atoms with Gasteiger partial charge in [0.05, 0.1) is 0 Å². The number of aromatic nitrogens is 2. The van der Waals surface area contributed by atoms with E-state index in [0.29, 0.717) is 5.15 Å². The smallest absolute Gasteiger partial charge is 0.141 e. The van der Waals surface area contributed by atoms with E-state index in [0.717, 1.165) is 18.1 Å². The Balaban J connectivity index is 2.15. The zero-order valence-corrected chi connectivity index (χ0v) is 9.46. The molecule has 1 saturated carbocycles. The largest absolute Gasteiger partial charge is 0.330 e. The molecule has 2 heterocycles. The van der Waals surface area contributed by atoms with Crippen LogP contribution in [0, 0.1) is 12.8 Å². The zero-order chi connectivity index (χ0) is 10.4. The SMILES string of the molecule is Cc1cc2ccc(Cl)nc2n1CC1CC1. The quantitative estimate of drug-likeness (QED) is 0.710. The summed E-state index contributed by atoms with van der Waals surface area (Å²) in [6, 6.07) is 6.08. The van der Waals surface area contributed by atoms with Crippen LogP contribution in [-0.2, 0) is 6.54 Å². The Morgan fingerprint density at radius 1 is 1.47 bits per heavy atom. The summed E-state index contributed by atoms with van der Waals surface area (Å²) in [6.45, 7) is 3.24. The van der Waals surface area contributed by atoms with Gasteiger partial charge in [-0.3, -0.25) is 0 Å². The molecule has 0 radical (unpaired) electrons. The molecule has 78 valence electrons. The van der Waals surface area contributed by atoms with Crippen LogP contribution < -0.4 is 0 Å². The van der Waals surface area contributed by atoms with Gasteiger partial charge in [-0.2, -0.15) is 0 Å². The van der Waals surface area contributed by atoms with Crippen LogP contribution in [0.1, 0.15) is 18.5 Å². The number of rotatable bonds is 2. The fraction of sp³-hybridized carbons (Fsp3) is 0.417. The second-order valence-electron chi connectivity index (χ2n) is 4.39. The van der Waals surface area contributed by atoms with Crippen molar-refractivity contribution >= 4 is 22.6 Å². The Hall–Kier alpha value is -1.02. The van der Waals surface area contributed by atoms with Gasteiger partial charge in [-0.05, 0) is 43.9 Å². The minimum atomic E-state index is 0.581. The Labute approximate surface area is 93.9 Å². The fourth-order valence-corrected chi connectivity index (χ4v) is 2.17. The van der Waals surface area contributed by atoms with Gasteiger partial charge < -0.3 is 4.57 Å². The molecule has 0 saturated heterocycles. The van der Waals surface area contributed by atoms with Crippen molar-refractivity contribution in [3.63, 3.8) is 0 Å². The lowest BCUT2D eigenvalue weighted by atomic mass is 10.3. The number of hydrogen-bond acceptors (Lipinski definition) is 1. The van der Waals surface area contributed by atoms with Crippen molar-refractivity contribution in [2.45, 2.75) is 26.3 Å². The third-order valence-electron chi connectivity index (χ3n) is 3.05. The second kappa shape index (κ2) is 3.24. The molecule has 1 fully saturated rings. The Kier molecular flexibility index (Phi) is 1.99. The topological polar surface area (TPSA) is 17.8 Å². The molecule has 3 heteroatoms. The molecule has 0 atom stereocenters. The van der Waals surface area contributed by atoms with Crippen LogP contribution in [0.15, 0.2) is 18.2 Å². The van der Waals surface area contributed by atoms with Crippen LogP contribution in [0.25, 0.3) is 11.0 Å². The van der Waals surface area contributed by atoms with Crippen molar-refractivity contribution in [2.75, 3.05) is 0 Å². The summed E-state index contributed by atoms with van der Waals surface area (Å²) in [6.07, 6.45) is 2.72. The van der Waals surface area contributed by atoms with E-state index in [-0.39, 0.29) is 0 Å². The molecule has 1 aliphatic rings. The van der Waals surface area contributed by atoms with Crippen LogP contribution in [0.2, 0.25) is 5.15 Å². The maximum absolute atomic E-state index is 5.93. The van der Waals surface area contributed by atoms with Gasteiger partial charge in [-0.15, -0.1) is 0 Å². The molecule has 2 aromatic rings. The van der Waals surface area contributed by atoms with Crippen LogP contribution in [0.3, 0.4) is 0 Å². The third-order valence-corrected chi connectivity index (χ3v) is 3.27. The lowest BCUT2D eigenvalue weighted by molar-refractivity contribution is 0.629. The summed E-state index contributed by atoms with van der Waals surface area (Å²) in [5.74, 6) is 0.861. The highest BCUT2D eigenvalue weighted by molar-refractivity contribution is 6.29. The molecule has 0 bridgehead atoms. The highest BCUT2D eigenvalue weighted by atomic mass is 35.5. The highest BCUT2D eigenvalue weighted by Gasteiger charge is 2.23. The maximum atomic E-state index is 5.93. The van der Waals surface area contributed by atoms with E-state index >= 15 is 0 Å². The average Bonchev–Trinajstić information content (AvgIpc) is 2.96.